The highest BCUT2D eigenvalue weighted by molar-refractivity contribution is 6.01. The molecule has 0 fully saturated rings. The predicted molar refractivity (Wildman–Crippen MR) is 113 cm³/mol. The molecule has 0 saturated carbocycles. The SMILES string of the molecule is CC(=O)c1c(C)[nH]c(C(=O)OCC(=O)NCC(=O)Nc2c(C)cc(C)cc2C)c1C. The highest BCUT2D eigenvalue weighted by atomic mass is 16.5. The van der Waals surface area contributed by atoms with E-state index in [-0.39, 0.29) is 23.9 Å². The lowest BCUT2D eigenvalue weighted by Crippen LogP contribution is -2.35. The first-order chi connectivity index (χ1) is 14.0. The van der Waals surface area contributed by atoms with Crippen LogP contribution in [0.15, 0.2) is 12.1 Å². The van der Waals surface area contributed by atoms with Crippen LogP contribution in [0.1, 0.15) is 55.7 Å². The lowest BCUT2D eigenvalue weighted by molar-refractivity contribution is -0.126. The van der Waals surface area contributed by atoms with Crippen LogP contribution in [0.4, 0.5) is 5.69 Å². The van der Waals surface area contributed by atoms with Gasteiger partial charge in [0.15, 0.2) is 12.4 Å². The van der Waals surface area contributed by atoms with E-state index in [9.17, 15) is 19.2 Å². The minimum absolute atomic E-state index is 0.133. The summed E-state index contributed by atoms with van der Waals surface area (Å²) in [6.45, 7) is 9.71. The van der Waals surface area contributed by atoms with Gasteiger partial charge in [-0.05, 0) is 58.2 Å². The first kappa shape index (κ1) is 22.9. The van der Waals surface area contributed by atoms with Crippen LogP contribution in [-0.4, -0.2) is 41.7 Å². The summed E-state index contributed by atoms with van der Waals surface area (Å²) in [5, 5.41) is 5.20. The fourth-order valence-electron chi connectivity index (χ4n) is 3.48. The zero-order valence-electron chi connectivity index (χ0n) is 18.1. The number of aromatic nitrogens is 1. The lowest BCUT2D eigenvalue weighted by Gasteiger charge is -2.13. The predicted octanol–water partition coefficient (Wildman–Crippen LogP) is 2.67. The minimum Gasteiger partial charge on any atom is -0.451 e. The largest absolute Gasteiger partial charge is 0.451 e. The van der Waals surface area contributed by atoms with Gasteiger partial charge in [-0.25, -0.2) is 4.79 Å². The van der Waals surface area contributed by atoms with E-state index in [0.717, 1.165) is 16.7 Å². The number of hydrogen-bond acceptors (Lipinski definition) is 5. The molecule has 0 atom stereocenters. The maximum absolute atomic E-state index is 12.2. The fourth-order valence-corrected chi connectivity index (χ4v) is 3.48. The Morgan fingerprint density at radius 3 is 2.10 bits per heavy atom. The molecule has 8 nitrogen and oxygen atoms in total. The Morgan fingerprint density at radius 1 is 0.967 bits per heavy atom. The summed E-state index contributed by atoms with van der Waals surface area (Å²) in [7, 11) is 0. The molecule has 2 amide bonds. The number of anilines is 1. The number of carbonyl (C=O) groups excluding carboxylic acids is 4. The van der Waals surface area contributed by atoms with Crippen LogP contribution in [0.5, 0.6) is 0 Å². The van der Waals surface area contributed by atoms with Crippen molar-refractivity contribution in [1.82, 2.24) is 10.3 Å². The molecule has 160 valence electrons. The Bertz CT molecular complexity index is 997. The molecular weight excluding hydrogens is 386 g/mol. The van der Waals surface area contributed by atoms with Crippen molar-refractivity contribution in [3.05, 3.63) is 51.3 Å². The lowest BCUT2D eigenvalue weighted by atomic mass is 10.1. The molecule has 0 aliphatic carbocycles. The Hall–Kier alpha value is -3.42. The number of ketones is 1. The standard InChI is InChI=1S/C22H27N3O5/c1-11-7-12(2)20(13(3)8-11)25-17(27)9-23-18(28)10-30-22(29)21-14(4)19(16(6)26)15(5)24-21/h7-8,24H,9-10H2,1-6H3,(H,23,28)(H,25,27). The fraction of sp³-hybridized carbons (Fsp3) is 0.364. The van der Waals surface area contributed by atoms with Crippen molar-refractivity contribution in [3.8, 4) is 0 Å². The van der Waals surface area contributed by atoms with Crippen molar-refractivity contribution in [2.75, 3.05) is 18.5 Å². The quantitative estimate of drug-likeness (QED) is 0.476. The second-order valence-corrected chi connectivity index (χ2v) is 7.36. The van der Waals surface area contributed by atoms with E-state index < -0.39 is 18.5 Å². The van der Waals surface area contributed by atoms with Crippen LogP contribution in [0.2, 0.25) is 0 Å². The van der Waals surface area contributed by atoms with Crippen LogP contribution in [0, 0.1) is 34.6 Å². The number of hydrogen-bond donors (Lipinski definition) is 3. The molecule has 0 spiro atoms. The van der Waals surface area contributed by atoms with Crippen molar-refractivity contribution >= 4 is 29.3 Å². The van der Waals surface area contributed by atoms with Gasteiger partial charge in [0.25, 0.3) is 5.91 Å². The normalized spacial score (nSPS) is 10.5. The maximum Gasteiger partial charge on any atom is 0.355 e. The molecule has 8 heteroatoms. The summed E-state index contributed by atoms with van der Waals surface area (Å²) in [5.41, 5.74) is 5.29. The van der Waals surface area contributed by atoms with Crippen molar-refractivity contribution < 1.29 is 23.9 Å². The number of carbonyl (C=O) groups is 4. The Balaban J connectivity index is 1.87. The average Bonchev–Trinajstić information content (AvgIpc) is 2.95. The van der Waals surface area contributed by atoms with Gasteiger partial charge in [0.05, 0.1) is 6.54 Å². The molecule has 0 radical (unpaired) electrons. The highest BCUT2D eigenvalue weighted by Crippen LogP contribution is 2.22. The van der Waals surface area contributed by atoms with Gasteiger partial charge in [-0.2, -0.15) is 0 Å². The van der Waals surface area contributed by atoms with Gasteiger partial charge < -0.3 is 20.4 Å². The molecule has 0 bridgehead atoms. The van der Waals surface area contributed by atoms with Crippen LogP contribution in [0.3, 0.4) is 0 Å². The van der Waals surface area contributed by atoms with Gasteiger partial charge in [-0.1, -0.05) is 17.7 Å². The first-order valence-electron chi connectivity index (χ1n) is 9.52. The number of Topliss-reactive ketones (excluding diaryl/α,β-unsaturated/α-hetero) is 1. The smallest absolute Gasteiger partial charge is 0.355 e. The topological polar surface area (TPSA) is 117 Å². The van der Waals surface area contributed by atoms with Crippen LogP contribution in [0.25, 0.3) is 0 Å². The molecule has 0 unspecified atom stereocenters. The molecular formula is C22H27N3O5. The van der Waals surface area contributed by atoms with Crippen molar-refractivity contribution in [1.29, 1.82) is 0 Å². The number of aromatic amines is 1. The van der Waals surface area contributed by atoms with E-state index >= 15 is 0 Å². The number of aryl methyl sites for hydroxylation is 4. The number of rotatable bonds is 7. The molecule has 2 rings (SSSR count). The zero-order chi connectivity index (χ0) is 22.6. The molecule has 30 heavy (non-hydrogen) atoms. The molecule has 1 heterocycles. The summed E-state index contributed by atoms with van der Waals surface area (Å²) < 4.78 is 5.00. The second-order valence-electron chi connectivity index (χ2n) is 7.36. The van der Waals surface area contributed by atoms with E-state index in [1.54, 1.807) is 13.8 Å². The van der Waals surface area contributed by atoms with E-state index in [2.05, 4.69) is 15.6 Å². The van der Waals surface area contributed by atoms with E-state index in [0.29, 0.717) is 22.5 Å². The number of benzene rings is 1. The maximum atomic E-state index is 12.2. The molecule has 1 aromatic carbocycles. The molecule has 1 aromatic heterocycles. The Morgan fingerprint density at radius 2 is 1.57 bits per heavy atom. The van der Waals surface area contributed by atoms with Gasteiger partial charge in [0.1, 0.15) is 5.69 Å². The summed E-state index contributed by atoms with van der Waals surface area (Å²) in [5.74, 6) is -1.90. The molecule has 0 saturated heterocycles. The molecule has 0 aliphatic rings. The number of nitrogens with one attached hydrogen (secondary N) is 3. The van der Waals surface area contributed by atoms with Crippen molar-refractivity contribution in [3.63, 3.8) is 0 Å². The highest BCUT2D eigenvalue weighted by Gasteiger charge is 2.21. The molecule has 0 aliphatic heterocycles. The number of H-pyrrole nitrogens is 1. The second kappa shape index (κ2) is 9.39. The first-order valence-corrected chi connectivity index (χ1v) is 9.52. The number of ether oxygens (including phenoxy) is 1. The summed E-state index contributed by atoms with van der Waals surface area (Å²) >= 11 is 0. The molecule has 2 aromatic rings. The number of amides is 2. The van der Waals surface area contributed by atoms with Gasteiger partial charge in [-0.3, -0.25) is 14.4 Å². The zero-order valence-corrected chi connectivity index (χ0v) is 18.1. The third-order valence-corrected chi connectivity index (χ3v) is 4.72. The Kier molecular flexibility index (Phi) is 7.15. The summed E-state index contributed by atoms with van der Waals surface area (Å²) in [4.78, 5) is 50.8. The number of esters is 1. The third-order valence-electron chi connectivity index (χ3n) is 4.72. The van der Waals surface area contributed by atoms with Crippen LogP contribution < -0.4 is 10.6 Å². The van der Waals surface area contributed by atoms with Gasteiger partial charge in [0.2, 0.25) is 5.91 Å². The minimum atomic E-state index is -0.742. The van der Waals surface area contributed by atoms with E-state index in [1.807, 2.05) is 32.9 Å². The average molecular weight is 413 g/mol. The summed E-state index contributed by atoms with van der Waals surface area (Å²) in [6, 6.07) is 3.92. The molecule has 3 N–H and O–H groups in total. The van der Waals surface area contributed by atoms with Crippen LogP contribution in [-0.2, 0) is 14.3 Å². The van der Waals surface area contributed by atoms with Gasteiger partial charge in [0, 0.05) is 16.9 Å². The van der Waals surface area contributed by atoms with Crippen molar-refractivity contribution in [2.24, 2.45) is 0 Å². The monoisotopic (exact) mass is 413 g/mol. The Labute approximate surface area is 175 Å². The van der Waals surface area contributed by atoms with Gasteiger partial charge >= 0.3 is 5.97 Å². The summed E-state index contributed by atoms with van der Waals surface area (Å²) in [6.07, 6.45) is 0. The van der Waals surface area contributed by atoms with Gasteiger partial charge in [-0.15, -0.1) is 0 Å². The third kappa shape index (κ3) is 5.34. The van der Waals surface area contributed by atoms with Crippen LogP contribution >= 0.6 is 0 Å². The van der Waals surface area contributed by atoms with Crippen molar-refractivity contribution in [2.45, 2.75) is 41.5 Å². The van der Waals surface area contributed by atoms with E-state index in [1.165, 1.54) is 6.92 Å². The van der Waals surface area contributed by atoms with E-state index in [4.69, 9.17) is 4.74 Å².